The summed E-state index contributed by atoms with van der Waals surface area (Å²) in [5, 5.41) is 23.4. The summed E-state index contributed by atoms with van der Waals surface area (Å²) in [4.78, 5) is 15.9. The Bertz CT molecular complexity index is 4000. The highest BCUT2D eigenvalue weighted by atomic mass is 15.0. The van der Waals surface area contributed by atoms with Crippen molar-refractivity contribution in [2.45, 2.75) is 0 Å². The van der Waals surface area contributed by atoms with E-state index in [9.17, 15) is 5.26 Å². The molecular weight excluding hydrogens is 791 g/mol. The lowest BCUT2D eigenvalue weighted by Crippen LogP contribution is -2.02. The van der Waals surface area contributed by atoms with E-state index in [1.165, 1.54) is 10.8 Å². The summed E-state index contributed by atoms with van der Waals surface area (Å²) >= 11 is 0. The van der Waals surface area contributed by atoms with Crippen molar-refractivity contribution in [3.8, 4) is 57.0 Å². The fourth-order valence-corrected chi connectivity index (χ4v) is 9.93. The summed E-state index contributed by atoms with van der Waals surface area (Å²) < 4.78 is 2.32. The Balaban J connectivity index is 1.06. The Morgan fingerprint density at radius 3 is 1.31 bits per heavy atom. The van der Waals surface area contributed by atoms with Crippen LogP contribution in [0, 0.1) is 11.3 Å². The van der Waals surface area contributed by atoms with Crippen LogP contribution in [-0.4, -0.2) is 19.5 Å². The lowest BCUT2D eigenvalue weighted by atomic mass is 9.87. The van der Waals surface area contributed by atoms with Gasteiger partial charge in [0.05, 0.1) is 22.7 Å². The van der Waals surface area contributed by atoms with E-state index in [1.807, 2.05) is 12.1 Å². The monoisotopic (exact) mass is 825 g/mol. The predicted octanol–water partition coefficient (Wildman–Crippen LogP) is 15.3. The standard InChI is InChI=1S/C60H35N5/c61-36-37-21-29-54-52(31-37)53-35-44(27-30-55(53)65(54)47-28-26-40-13-3-6-16-43(40)34-47)56-48-17-7-9-19-50(48)57(51-20-10-8-18-49(51)56)60-63-58(45-24-22-38-11-1-4-14-41(38)32-45)62-59(64-60)46-25-23-39-12-2-5-15-42(39)33-46/h1-35H. The number of benzene rings is 11. The molecule has 0 radical (unpaired) electrons. The fourth-order valence-electron chi connectivity index (χ4n) is 9.93. The van der Waals surface area contributed by atoms with Gasteiger partial charge in [-0.15, -0.1) is 0 Å². The molecule has 2 heterocycles. The minimum atomic E-state index is 0.614. The Hall–Kier alpha value is -8.98. The largest absolute Gasteiger partial charge is 0.309 e. The highest BCUT2D eigenvalue weighted by molar-refractivity contribution is 6.22. The number of nitriles is 1. The van der Waals surface area contributed by atoms with Crippen molar-refractivity contribution in [1.82, 2.24) is 19.5 Å². The molecule has 65 heavy (non-hydrogen) atoms. The molecule has 13 rings (SSSR count). The number of hydrogen-bond donors (Lipinski definition) is 0. The van der Waals surface area contributed by atoms with E-state index in [1.54, 1.807) is 0 Å². The molecule has 5 heteroatoms. The third kappa shape index (κ3) is 5.97. The van der Waals surface area contributed by atoms with E-state index in [-0.39, 0.29) is 0 Å². The van der Waals surface area contributed by atoms with Gasteiger partial charge in [-0.25, -0.2) is 15.0 Å². The highest BCUT2D eigenvalue weighted by Gasteiger charge is 2.22. The van der Waals surface area contributed by atoms with Crippen molar-refractivity contribution in [2.24, 2.45) is 0 Å². The van der Waals surface area contributed by atoms with Gasteiger partial charge in [0.2, 0.25) is 0 Å². The van der Waals surface area contributed by atoms with Crippen molar-refractivity contribution in [3.05, 3.63) is 218 Å². The Morgan fingerprint density at radius 1 is 0.323 bits per heavy atom. The molecule has 0 bridgehead atoms. The maximum Gasteiger partial charge on any atom is 0.165 e. The van der Waals surface area contributed by atoms with E-state index in [0.29, 0.717) is 23.0 Å². The van der Waals surface area contributed by atoms with Gasteiger partial charge >= 0.3 is 0 Å². The van der Waals surface area contributed by atoms with Gasteiger partial charge in [0.1, 0.15) is 0 Å². The zero-order chi connectivity index (χ0) is 43.0. The van der Waals surface area contributed by atoms with Crippen LogP contribution in [0.1, 0.15) is 5.56 Å². The lowest BCUT2D eigenvalue weighted by Gasteiger charge is -2.18. The summed E-state index contributed by atoms with van der Waals surface area (Å²) in [6.07, 6.45) is 0. The Morgan fingerprint density at radius 2 is 0.754 bits per heavy atom. The van der Waals surface area contributed by atoms with E-state index in [4.69, 9.17) is 15.0 Å². The summed E-state index contributed by atoms with van der Waals surface area (Å²) in [5.74, 6) is 1.85. The van der Waals surface area contributed by atoms with Gasteiger partial charge < -0.3 is 4.57 Å². The van der Waals surface area contributed by atoms with Crippen LogP contribution < -0.4 is 0 Å². The van der Waals surface area contributed by atoms with Crippen molar-refractivity contribution in [2.75, 3.05) is 0 Å². The van der Waals surface area contributed by atoms with Crippen LogP contribution in [0.2, 0.25) is 0 Å². The molecule has 0 aliphatic carbocycles. The molecule has 0 saturated carbocycles. The first kappa shape index (κ1) is 36.7. The zero-order valence-corrected chi connectivity index (χ0v) is 34.9. The third-order valence-electron chi connectivity index (χ3n) is 13.0. The van der Waals surface area contributed by atoms with Gasteiger partial charge in [-0.1, -0.05) is 158 Å². The first-order valence-electron chi connectivity index (χ1n) is 21.8. The lowest BCUT2D eigenvalue weighted by molar-refractivity contribution is 1.08. The molecule has 0 N–H and O–H groups in total. The van der Waals surface area contributed by atoms with Gasteiger partial charge in [0.15, 0.2) is 17.5 Å². The van der Waals surface area contributed by atoms with Crippen LogP contribution in [0.5, 0.6) is 0 Å². The minimum absolute atomic E-state index is 0.614. The second-order valence-corrected chi connectivity index (χ2v) is 16.7. The molecule has 300 valence electrons. The second kappa shape index (κ2) is 14.6. The summed E-state index contributed by atoms with van der Waals surface area (Å²) in [6.45, 7) is 0. The number of aromatic nitrogens is 4. The third-order valence-corrected chi connectivity index (χ3v) is 13.0. The van der Waals surface area contributed by atoms with Gasteiger partial charge in [-0.2, -0.15) is 5.26 Å². The van der Waals surface area contributed by atoms with Crippen LogP contribution in [0.25, 0.3) is 127 Å². The van der Waals surface area contributed by atoms with Crippen LogP contribution >= 0.6 is 0 Å². The predicted molar refractivity (Wildman–Crippen MR) is 268 cm³/mol. The molecule has 0 unspecified atom stereocenters. The molecule has 0 spiro atoms. The fraction of sp³-hybridized carbons (Fsp3) is 0. The van der Waals surface area contributed by atoms with Gasteiger partial charge in [-0.3, -0.25) is 0 Å². The second-order valence-electron chi connectivity index (χ2n) is 16.7. The maximum atomic E-state index is 10.1. The molecule has 0 atom stereocenters. The van der Waals surface area contributed by atoms with Crippen LogP contribution in [0.3, 0.4) is 0 Å². The number of fused-ring (bicyclic) bond motifs is 8. The topological polar surface area (TPSA) is 67.4 Å². The molecule has 2 aromatic heterocycles. The quantitative estimate of drug-likeness (QED) is 0.162. The van der Waals surface area contributed by atoms with E-state index in [0.717, 1.165) is 98.4 Å². The van der Waals surface area contributed by atoms with Gasteiger partial charge in [-0.05, 0) is 120 Å². The normalized spacial score (nSPS) is 11.7. The van der Waals surface area contributed by atoms with Gasteiger partial charge in [0, 0.05) is 33.2 Å². The molecule has 5 nitrogen and oxygen atoms in total. The van der Waals surface area contributed by atoms with Crippen LogP contribution in [0.4, 0.5) is 0 Å². The van der Waals surface area contributed by atoms with Crippen LogP contribution in [-0.2, 0) is 0 Å². The maximum absolute atomic E-state index is 10.1. The minimum Gasteiger partial charge on any atom is -0.309 e. The van der Waals surface area contributed by atoms with Gasteiger partial charge in [0.25, 0.3) is 0 Å². The summed E-state index contributed by atoms with van der Waals surface area (Å²) in [5.41, 5.74) is 8.85. The molecule has 0 aliphatic rings. The summed E-state index contributed by atoms with van der Waals surface area (Å²) in [6, 6.07) is 77.1. The number of nitrogens with zero attached hydrogens (tertiary/aromatic N) is 5. The first-order valence-corrected chi connectivity index (χ1v) is 21.8. The van der Waals surface area contributed by atoms with Crippen molar-refractivity contribution >= 4 is 75.7 Å². The van der Waals surface area contributed by atoms with Crippen molar-refractivity contribution < 1.29 is 0 Å². The Kier molecular flexibility index (Phi) is 8.21. The van der Waals surface area contributed by atoms with E-state index in [2.05, 4.69) is 211 Å². The van der Waals surface area contributed by atoms with E-state index >= 15 is 0 Å². The molecule has 13 aromatic rings. The molecular formula is C60H35N5. The number of rotatable bonds is 5. The SMILES string of the molecule is N#Cc1ccc2c(c1)c1cc(-c3c4ccccc4c(-c4nc(-c5ccc6ccccc6c5)nc(-c5ccc6ccccc6c5)n4)c4ccccc34)ccc1n2-c1ccc2ccccc2c1. The molecule has 0 fully saturated rings. The van der Waals surface area contributed by atoms with E-state index < -0.39 is 0 Å². The number of hydrogen-bond acceptors (Lipinski definition) is 4. The smallest absolute Gasteiger partial charge is 0.165 e. The average molecular weight is 826 g/mol. The Labute approximate surface area is 373 Å². The van der Waals surface area contributed by atoms with Crippen LogP contribution in [0.15, 0.2) is 212 Å². The summed E-state index contributed by atoms with van der Waals surface area (Å²) in [7, 11) is 0. The first-order chi connectivity index (χ1) is 32.1. The molecule has 0 saturated heterocycles. The highest BCUT2D eigenvalue weighted by Crippen LogP contribution is 2.45. The zero-order valence-electron chi connectivity index (χ0n) is 34.9. The molecule has 0 amide bonds. The van der Waals surface area contributed by atoms with Crippen molar-refractivity contribution in [1.29, 1.82) is 5.26 Å². The molecule has 11 aromatic carbocycles. The van der Waals surface area contributed by atoms with Crippen molar-refractivity contribution in [3.63, 3.8) is 0 Å². The average Bonchev–Trinajstić information content (AvgIpc) is 3.70. The molecule has 0 aliphatic heterocycles.